The van der Waals surface area contributed by atoms with Crippen molar-refractivity contribution < 1.29 is 105 Å². The van der Waals surface area contributed by atoms with Gasteiger partial charge in [0.1, 0.15) is 45.4 Å². The largest absolute Gasteiger partial charge is 0.466 e. The molecule has 0 bridgehead atoms. The smallest absolute Gasteiger partial charge is 0.319 e. The minimum Gasteiger partial charge on any atom is -0.466 e. The van der Waals surface area contributed by atoms with E-state index in [1.165, 1.54) is 54.2 Å². The van der Waals surface area contributed by atoms with Crippen LogP contribution in [0.5, 0.6) is 0 Å². The van der Waals surface area contributed by atoms with Crippen LogP contribution in [0.4, 0.5) is 0 Å². The minimum absolute atomic E-state index is 0.00239. The lowest BCUT2D eigenvalue weighted by Gasteiger charge is -2.45. The molecule has 1 saturated heterocycles. The summed E-state index contributed by atoms with van der Waals surface area (Å²) >= 11 is 5.00. The van der Waals surface area contributed by atoms with Crippen LogP contribution < -0.4 is 0 Å². The Labute approximate surface area is 471 Å². The first-order valence-electron chi connectivity index (χ1n) is 26.5. The van der Waals surface area contributed by atoms with Crippen LogP contribution in [0.15, 0.2) is 0 Å². The van der Waals surface area contributed by atoms with Gasteiger partial charge in [0.2, 0.25) is 0 Å². The van der Waals surface area contributed by atoms with E-state index in [9.17, 15) is 38.4 Å². The Morgan fingerprint density at radius 2 is 0.675 bits per heavy atom. The van der Waals surface area contributed by atoms with Gasteiger partial charge in [-0.3, -0.25) is 38.4 Å². The molecule has 0 aliphatic carbocycles. The van der Waals surface area contributed by atoms with Crippen LogP contribution in [-0.2, 0) is 105 Å². The fraction of sp³-hybridized carbons (Fsp3) is 0.843. The predicted octanol–water partition coefficient (Wildman–Crippen LogP) is 5.56. The summed E-state index contributed by atoms with van der Waals surface area (Å²) in [5.74, 6) is -2.50. The third kappa shape index (κ3) is 31.5. The monoisotopic (exact) mass is 1180 g/mol. The van der Waals surface area contributed by atoms with E-state index in [4.69, 9.17) is 66.3 Å². The average Bonchev–Trinajstić information content (AvgIpc) is 3.38. The number of esters is 8. The zero-order chi connectivity index (χ0) is 57.2. The second-order valence-electron chi connectivity index (χ2n) is 16.3. The third-order valence-electron chi connectivity index (χ3n) is 10.4. The van der Waals surface area contributed by atoms with Crippen LogP contribution in [0, 0.1) is 0 Å². The van der Waals surface area contributed by atoms with E-state index < -0.39 is 99.5 Å². The highest BCUT2D eigenvalue weighted by Crippen LogP contribution is 2.31. The molecule has 0 aromatic rings. The first-order valence-corrected chi connectivity index (χ1v) is 30.7. The average molecular weight is 1180 g/mol. The Balaban J connectivity index is 3.49. The van der Waals surface area contributed by atoms with E-state index in [1.807, 2.05) is 0 Å². The van der Waals surface area contributed by atoms with Crippen molar-refractivity contribution in [3.05, 3.63) is 0 Å². The first kappa shape index (κ1) is 71.9. The maximum absolute atomic E-state index is 12.8. The Morgan fingerprint density at radius 1 is 0.390 bits per heavy atom. The second kappa shape index (κ2) is 45.6. The van der Waals surface area contributed by atoms with Crippen LogP contribution in [0.25, 0.3) is 0 Å². The quantitative estimate of drug-likeness (QED) is 0.0410. The molecule has 0 aromatic carbocycles. The van der Waals surface area contributed by atoms with Gasteiger partial charge in [-0.2, -0.15) is 0 Å². The molecule has 0 spiro atoms. The molecule has 0 N–H and O–H groups in total. The van der Waals surface area contributed by atoms with E-state index in [2.05, 4.69) is 0 Å². The molecule has 22 nitrogen and oxygen atoms in total. The van der Waals surface area contributed by atoms with Gasteiger partial charge in [-0.05, 0) is 104 Å². The Bertz CT molecular complexity index is 1680. The summed E-state index contributed by atoms with van der Waals surface area (Å²) in [4.78, 5) is 100. The van der Waals surface area contributed by atoms with E-state index in [0.717, 1.165) is 0 Å². The van der Waals surface area contributed by atoms with Crippen molar-refractivity contribution in [3.8, 4) is 0 Å². The third-order valence-corrected chi connectivity index (χ3v) is 15.6. The number of rotatable bonds is 46. The number of methoxy groups -OCH3 is 1. The van der Waals surface area contributed by atoms with Crippen LogP contribution in [-0.4, -0.2) is 215 Å². The number of carbonyl (C=O) groups is 8. The summed E-state index contributed by atoms with van der Waals surface area (Å²) in [5, 5.41) is -3.14. The summed E-state index contributed by atoms with van der Waals surface area (Å²) in [6, 6.07) is 0. The molecule has 1 aliphatic heterocycles. The topological polar surface area (TPSA) is 266 Å². The molecule has 26 heteroatoms. The van der Waals surface area contributed by atoms with Crippen LogP contribution in [0.3, 0.4) is 0 Å². The molecule has 4 unspecified atom stereocenters. The van der Waals surface area contributed by atoms with Crippen LogP contribution in [0.2, 0.25) is 0 Å². The molecule has 77 heavy (non-hydrogen) atoms. The summed E-state index contributed by atoms with van der Waals surface area (Å²) in [6.45, 7) is 15.4. The van der Waals surface area contributed by atoms with E-state index >= 15 is 0 Å². The standard InChI is InChI=1S/C51H86O22S4/c1-10-62-40(52)30-36(47(56)66-14-5)74-26-18-22-61-34-35-44(70-23-19-27-75-37(48(57)67-15-6)31-41(53)63-11-2)45(71-24-20-28-76-38(49(58)68-16-7)32-42(54)64-12-3)46(51(60-9)73-35)72-25-21-29-77-39(50(59)69-17-8)33-43(55)65-13-4/h35-39,44-46,51H,10-34H2,1-9H3/t35-,36?,37?,38?,39?,44-,45+,46-,51+/m1/s1. The number of hydrogen-bond donors (Lipinski definition) is 0. The number of ether oxygens (including phenoxy) is 14. The van der Waals surface area contributed by atoms with Gasteiger partial charge in [0, 0.05) is 33.5 Å². The van der Waals surface area contributed by atoms with Gasteiger partial charge in [-0.25, -0.2) is 0 Å². The number of thioether (sulfide) groups is 4. The molecule has 0 radical (unpaired) electrons. The van der Waals surface area contributed by atoms with Crippen LogP contribution in [0.1, 0.15) is 107 Å². The first-order chi connectivity index (χ1) is 37.2. The SMILES string of the molecule is CCOC(=O)CC(SCCCOC[C@H]1O[C@H](OC)[C@H](OCCCSC(CC(=O)OCC)C(=O)OCC)[C@@H](OCCCSC(CC(=O)OCC)C(=O)OCC)[C@@H]1OCCCSC(CC(=O)OCC)C(=O)OCC)C(=O)OCC. The van der Waals surface area contributed by atoms with Crippen molar-refractivity contribution in [2.24, 2.45) is 0 Å². The zero-order valence-electron chi connectivity index (χ0n) is 46.5. The lowest BCUT2D eigenvalue weighted by molar-refractivity contribution is -0.318. The maximum Gasteiger partial charge on any atom is 0.319 e. The molecule has 0 saturated carbocycles. The molecule has 1 aliphatic rings. The molecule has 9 atom stereocenters. The normalized spacial score (nSPS) is 18.7. The van der Waals surface area contributed by atoms with Crippen molar-refractivity contribution in [1.82, 2.24) is 0 Å². The highest BCUT2D eigenvalue weighted by Gasteiger charge is 2.48. The van der Waals surface area contributed by atoms with E-state index in [1.54, 1.807) is 55.4 Å². The zero-order valence-corrected chi connectivity index (χ0v) is 49.8. The molecule has 1 heterocycles. The van der Waals surface area contributed by atoms with Crippen molar-refractivity contribution in [1.29, 1.82) is 0 Å². The van der Waals surface area contributed by atoms with Gasteiger partial charge < -0.3 is 66.3 Å². The highest BCUT2D eigenvalue weighted by molar-refractivity contribution is 8.01. The number of carbonyl (C=O) groups excluding carboxylic acids is 8. The summed E-state index contributed by atoms with van der Waals surface area (Å²) in [7, 11) is 1.46. The van der Waals surface area contributed by atoms with Crippen molar-refractivity contribution >= 4 is 94.8 Å². The Morgan fingerprint density at radius 3 is 0.974 bits per heavy atom. The molecule has 1 rings (SSSR count). The van der Waals surface area contributed by atoms with Gasteiger partial charge >= 0.3 is 47.8 Å². The highest BCUT2D eigenvalue weighted by atomic mass is 32.2. The molecule has 0 aromatic heterocycles. The molecular formula is C51H86O22S4. The summed E-state index contributed by atoms with van der Waals surface area (Å²) in [5.41, 5.74) is 0. The number of hydrogen-bond acceptors (Lipinski definition) is 26. The van der Waals surface area contributed by atoms with E-state index in [-0.39, 0.29) is 112 Å². The second-order valence-corrected chi connectivity index (χ2v) is 21.5. The fourth-order valence-corrected chi connectivity index (χ4v) is 11.2. The van der Waals surface area contributed by atoms with Crippen molar-refractivity contribution in [3.63, 3.8) is 0 Å². The minimum atomic E-state index is -1.00. The molecule has 1 fully saturated rings. The molecule has 446 valence electrons. The van der Waals surface area contributed by atoms with Gasteiger partial charge in [0.25, 0.3) is 0 Å². The lowest BCUT2D eigenvalue weighted by Crippen LogP contribution is -2.62. The maximum atomic E-state index is 12.8. The molecule has 0 amide bonds. The predicted molar refractivity (Wildman–Crippen MR) is 291 cm³/mol. The molecular weight excluding hydrogens is 1090 g/mol. The fourth-order valence-electron chi connectivity index (χ4n) is 7.13. The lowest BCUT2D eigenvalue weighted by atomic mass is 9.98. The van der Waals surface area contributed by atoms with Gasteiger partial charge in [0.15, 0.2) is 6.29 Å². The van der Waals surface area contributed by atoms with Gasteiger partial charge in [-0.15, -0.1) is 47.0 Å². The van der Waals surface area contributed by atoms with Crippen LogP contribution >= 0.6 is 47.0 Å². The van der Waals surface area contributed by atoms with E-state index in [0.29, 0.717) is 48.7 Å². The van der Waals surface area contributed by atoms with Gasteiger partial charge in [0.05, 0.1) is 85.1 Å². The summed E-state index contributed by atoms with van der Waals surface area (Å²) < 4.78 is 79.7. The summed E-state index contributed by atoms with van der Waals surface area (Å²) in [6.07, 6.45) is -3.27. The van der Waals surface area contributed by atoms with Crippen molar-refractivity contribution in [2.75, 3.05) is 116 Å². The van der Waals surface area contributed by atoms with Crippen molar-refractivity contribution in [2.45, 2.75) is 158 Å². The Kier molecular flexibility index (Phi) is 42.6. The van der Waals surface area contributed by atoms with Gasteiger partial charge in [-0.1, -0.05) is 0 Å². The Hall–Kier alpha value is -3.08.